The molecule has 1 amide bonds. The third-order valence-corrected chi connectivity index (χ3v) is 5.68. The second kappa shape index (κ2) is 8.08. The van der Waals surface area contributed by atoms with Gasteiger partial charge >= 0.3 is 0 Å². The van der Waals surface area contributed by atoms with Crippen LogP contribution < -0.4 is 9.04 Å². The average molecular weight is 368 g/mol. The van der Waals surface area contributed by atoms with E-state index >= 15 is 0 Å². The van der Waals surface area contributed by atoms with Gasteiger partial charge in [-0.05, 0) is 56.9 Å². The number of carbonyl (C=O) groups excluding carboxylic acids is 1. The molecule has 140 valence electrons. The van der Waals surface area contributed by atoms with Crippen LogP contribution in [0.1, 0.15) is 33.6 Å². The fourth-order valence-corrected chi connectivity index (χ4v) is 4.48. The van der Waals surface area contributed by atoms with E-state index in [4.69, 9.17) is 4.74 Å². The number of benzene rings is 1. The van der Waals surface area contributed by atoms with Crippen LogP contribution in [-0.2, 0) is 14.8 Å². The predicted molar refractivity (Wildman–Crippen MR) is 99.4 cm³/mol. The van der Waals surface area contributed by atoms with Crippen molar-refractivity contribution in [1.82, 2.24) is 4.90 Å². The maximum atomic E-state index is 12.9. The number of ether oxygens (including phenoxy) is 1. The average Bonchev–Trinajstić information content (AvgIpc) is 2.55. The summed E-state index contributed by atoms with van der Waals surface area (Å²) in [6, 6.07) is 6.01. The molecule has 0 spiro atoms. The monoisotopic (exact) mass is 368 g/mol. The minimum atomic E-state index is -3.59. The summed E-state index contributed by atoms with van der Waals surface area (Å²) >= 11 is 0. The summed E-state index contributed by atoms with van der Waals surface area (Å²) < 4.78 is 31.3. The molecule has 2 atom stereocenters. The van der Waals surface area contributed by atoms with Crippen LogP contribution in [0.5, 0.6) is 5.75 Å². The van der Waals surface area contributed by atoms with Gasteiger partial charge in [-0.1, -0.05) is 6.92 Å². The van der Waals surface area contributed by atoms with Gasteiger partial charge in [0.25, 0.3) is 0 Å². The Balaban J connectivity index is 2.26. The van der Waals surface area contributed by atoms with E-state index in [1.54, 1.807) is 36.1 Å². The Kier molecular flexibility index (Phi) is 6.32. The van der Waals surface area contributed by atoms with Crippen LogP contribution in [0.15, 0.2) is 24.3 Å². The molecular weight excluding hydrogens is 340 g/mol. The van der Waals surface area contributed by atoms with Gasteiger partial charge in [0, 0.05) is 13.1 Å². The number of sulfonamides is 1. The van der Waals surface area contributed by atoms with Crippen LogP contribution in [0, 0.1) is 5.92 Å². The molecule has 0 N–H and O–H groups in total. The zero-order chi connectivity index (χ0) is 18.6. The molecule has 0 bridgehead atoms. The summed E-state index contributed by atoms with van der Waals surface area (Å²) in [7, 11) is -3.59. The van der Waals surface area contributed by atoms with E-state index in [0.29, 0.717) is 37.1 Å². The van der Waals surface area contributed by atoms with Gasteiger partial charge in [0.2, 0.25) is 15.9 Å². The Bertz CT molecular complexity index is 688. The molecule has 1 aliphatic rings. The lowest BCUT2D eigenvalue weighted by atomic mass is 10.00. The molecule has 0 saturated carbocycles. The van der Waals surface area contributed by atoms with Crippen LogP contribution >= 0.6 is 0 Å². The number of piperidine rings is 1. The van der Waals surface area contributed by atoms with Crippen LogP contribution in [0.2, 0.25) is 0 Å². The number of amides is 1. The Morgan fingerprint density at radius 3 is 2.52 bits per heavy atom. The van der Waals surface area contributed by atoms with Gasteiger partial charge in [-0.2, -0.15) is 0 Å². The van der Waals surface area contributed by atoms with Gasteiger partial charge in [-0.3, -0.25) is 9.10 Å². The van der Waals surface area contributed by atoms with Crippen molar-refractivity contribution in [1.29, 1.82) is 0 Å². The molecule has 6 nitrogen and oxygen atoms in total. The van der Waals surface area contributed by atoms with Crippen LogP contribution in [0.4, 0.5) is 5.69 Å². The highest BCUT2D eigenvalue weighted by Crippen LogP contribution is 2.25. The van der Waals surface area contributed by atoms with Crippen molar-refractivity contribution < 1.29 is 17.9 Å². The third-order valence-electron chi connectivity index (χ3n) is 4.44. The Labute approximate surface area is 150 Å². The molecule has 2 rings (SSSR count). The Hall–Kier alpha value is -1.76. The molecule has 0 aromatic heterocycles. The molecule has 1 heterocycles. The highest BCUT2D eigenvalue weighted by molar-refractivity contribution is 7.92. The SMILES string of the molecule is CCOc1ccc(N([C@H](C)C(=O)N2CCC[C@@H](C)C2)S(C)(=O)=O)cc1. The maximum absolute atomic E-state index is 12.9. The maximum Gasteiger partial charge on any atom is 0.246 e. The standard InChI is InChI=1S/C18H28N2O4S/c1-5-24-17-10-8-16(9-11-17)20(25(4,22)23)15(3)18(21)19-12-6-7-14(2)13-19/h8-11,14-15H,5-7,12-13H2,1-4H3/t14-,15-/m1/s1. The van der Waals surface area contributed by atoms with Crippen LogP contribution in [0.25, 0.3) is 0 Å². The summed E-state index contributed by atoms with van der Waals surface area (Å²) in [6.45, 7) is 7.57. The minimum Gasteiger partial charge on any atom is -0.494 e. The highest BCUT2D eigenvalue weighted by atomic mass is 32.2. The van der Waals surface area contributed by atoms with Crippen molar-refractivity contribution in [3.8, 4) is 5.75 Å². The van der Waals surface area contributed by atoms with Gasteiger partial charge in [0.1, 0.15) is 11.8 Å². The van der Waals surface area contributed by atoms with E-state index < -0.39 is 16.1 Å². The number of carbonyl (C=O) groups is 1. The molecular formula is C18H28N2O4S. The number of nitrogens with zero attached hydrogens (tertiary/aromatic N) is 2. The normalized spacial score (nSPS) is 19.4. The van der Waals surface area contributed by atoms with E-state index in [9.17, 15) is 13.2 Å². The number of anilines is 1. The lowest BCUT2D eigenvalue weighted by molar-refractivity contribution is -0.133. The number of hydrogen-bond acceptors (Lipinski definition) is 4. The van der Waals surface area contributed by atoms with Crippen molar-refractivity contribution in [2.75, 3.05) is 30.3 Å². The zero-order valence-electron chi connectivity index (χ0n) is 15.4. The molecule has 1 aliphatic heterocycles. The van der Waals surface area contributed by atoms with Gasteiger partial charge in [0.15, 0.2) is 0 Å². The number of hydrogen-bond donors (Lipinski definition) is 0. The predicted octanol–water partition coefficient (Wildman–Crippen LogP) is 2.50. The van der Waals surface area contributed by atoms with Gasteiger partial charge < -0.3 is 9.64 Å². The third kappa shape index (κ3) is 4.87. The fourth-order valence-electron chi connectivity index (χ4n) is 3.31. The van der Waals surface area contributed by atoms with Crippen molar-refractivity contribution in [2.24, 2.45) is 5.92 Å². The quantitative estimate of drug-likeness (QED) is 0.774. The summed E-state index contributed by atoms with van der Waals surface area (Å²) in [5.74, 6) is 0.969. The van der Waals surface area contributed by atoms with Crippen molar-refractivity contribution in [3.05, 3.63) is 24.3 Å². The van der Waals surface area contributed by atoms with E-state index in [1.807, 2.05) is 6.92 Å². The summed E-state index contributed by atoms with van der Waals surface area (Å²) in [4.78, 5) is 14.7. The first-order chi connectivity index (χ1) is 11.7. The largest absolute Gasteiger partial charge is 0.494 e. The molecule has 1 aromatic carbocycles. The van der Waals surface area contributed by atoms with Crippen LogP contribution in [-0.4, -0.2) is 51.2 Å². The first kappa shape index (κ1) is 19.6. The van der Waals surface area contributed by atoms with Gasteiger partial charge in [-0.15, -0.1) is 0 Å². The lowest BCUT2D eigenvalue weighted by Gasteiger charge is -2.36. The zero-order valence-corrected chi connectivity index (χ0v) is 16.3. The molecule has 0 unspecified atom stereocenters. The topological polar surface area (TPSA) is 66.9 Å². The summed E-state index contributed by atoms with van der Waals surface area (Å²) in [5, 5.41) is 0. The summed E-state index contributed by atoms with van der Waals surface area (Å²) in [6.07, 6.45) is 3.19. The van der Waals surface area contributed by atoms with Crippen molar-refractivity contribution in [2.45, 2.75) is 39.7 Å². The number of likely N-dealkylation sites (tertiary alicyclic amines) is 1. The molecule has 1 aromatic rings. The molecule has 1 fully saturated rings. The molecule has 7 heteroatoms. The second-order valence-electron chi connectivity index (χ2n) is 6.69. The van der Waals surface area contributed by atoms with E-state index in [2.05, 4.69) is 6.92 Å². The Morgan fingerprint density at radius 1 is 1.36 bits per heavy atom. The molecule has 0 radical (unpaired) electrons. The molecule has 25 heavy (non-hydrogen) atoms. The van der Waals surface area contributed by atoms with E-state index in [-0.39, 0.29) is 5.91 Å². The minimum absolute atomic E-state index is 0.147. The highest BCUT2D eigenvalue weighted by Gasteiger charge is 2.33. The van der Waals surface area contributed by atoms with Crippen molar-refractivity contribution in [3.63, 3.8) is 0 Å². The number of rotatable bonds is 6. The van der Waals surface area contributed by atoms with E-state index in [1.165, 1.54) is 4.31 Å². The lowest BCUT2D eigenvalue weighted by Crippen LogP contribution is -2.51. The molecule has 0 aliphatic carbocycles. The van der Waals surface area contributed by atoms with Gasteiger partial charge in [-0.25, -0.2) is 8.42 Å². The van der Waals surface area contributed by atoms with Crippen LogP contribution in [0.3, 0.4) is 0 Å². The fraction of sp³-hybridized carbons (Fsp3) is 0.611. The first-order valence-corrected chi connectivity index (χ1v) is 10.6. The first-order valence-electron chi connectivity index (χ1n) is 8.75. The molecule has 1 saturated heterocycles. The summed E-state index contributed by atoms with van der Waals surface area (Å²) in [5.41, 5.74) is 0.469. The Morgan fingerprint density at radius 2 is 2.00 bits per heavy atom. The smallest absolute Gasteiger partial charge is 0.246 e. The van der Waals surface area contributed by atoms with Gasteiger partial charge in [0.05, 0.1) is 18.6 Å². The second-order valence-corrected chi connectivity index (χ2v) is 8.55. The van der Waals surface area contributed by atoms with Crippen molar-refractivity contribution >= 4 is 21.6 Å². The van der Waals surface area contributed by atoms with E-state index in [0.717, 1.165) is 19.1 Å².